The molecule has 0 aliphatic carbocycles. The molecule has 2 fully saturated rings. The highest BCUT2D eigenvalue weighted by molar-refractivity contribution is 5.69. The zero-order chi connectivity index (χ0) is 20.8. The minimum absolute atomic E-state index is 0.0837. The molecule has 4 heterocycles. The number of rotatable bonds is 4. The molecule has 10 nitrogen and oxygen atoms in total. The van der Waals surface area contributed by atoms with Crippen molar-refractivity contribution >= 4 is 22.8 Å². The fourth-order valence-corrected chi connectivity index (χ4v) is 3.59. The van der Waals surface area contributed by atoms with E-state index in [4.69, 9.17) is 9.47 Å². The predicted molar refractivity (Wildman–Crippen MR) is 103 cm³/mol. The summed E-state index contributed by atoms with van der Waals surface area (Å²) in [5.41, 5.74) is 0.0789. The van der Waals surface area contributed by atoms with Crippen LogP contribution in [-0.2, 0) is 11.8 Å². The summed E-state index contributed by atoms with van der Waals surface area (Å²) in [7, 11) is 1.65. The molecule has 0 bridgehead atoms. The summed E-state index contributed by atoms with van der Waals surface area (Å²) in [5.74, 6) is -0.814. The van der Waals surface area contributed by atoms with Crippen molar-refractivity contribution < 1.29 is 18.3 Å². The molecule has 2 aliphatic rings. The van der Waals surface area contributed by atoms with Gasteiger partial charge in [0, 0.05) is 45.4 Å². The van der Waals surface area contributed by atoms with Crippen molar-refractivity contribution in [3.05, 3.63) is 34.1 Å². The second-order valence-corrected chi connectivity index (χ2v) is 7.26. The van der Waals surface area contributed by atoms with Crippen LogP contribution in [0.4, 0.5) is 20.4 Å². The summed E-state index contributed by atoms with van der Waals surface area (Å²) in [6.07, 6.45) is -0.167. The molecule has 2 aliphatic heterocycles. The summed E-state index contributed by atoms with van der Waals surface area (Å²) in [4.78, 5) is 22.8. The normalized spacial score (nSPS) is 17.4. The van der Waals surface area contributed by atoms with Gasteiger partial charge in [0.2, 0.25) is 5.95 Å². The molecule has 5 rings (SSSR count). The Hall–Kier alpha value is -3.28. The number of hydrogen-bond acceptors (Lipinski definition) is 8. The van der Waals surface area contributed by atoms with Gasteiger partial charge >= 0.3 is 0 Å². The number of ether oxygens (including phenoxy) is 2. The van der Waals surface area contributed by atoms with E-state index in [1.54, 1.807) is 11.9 Å². The fraction of sp³-hybridized carbons (Fsp3) is 0.444. The van der Waals surface area contributed by atoms with Gasteiger partial charge in [-0.25, -0.2) is 13.5 Å². The van der Waals surface area contributed by atoms with Crippen LogP contribution in [-0.4, -0.2) is 70.5 Å². The SMILES string of the molecule is Cn1nnc2c(=O)[nH]c(N3CCN(c4c(F)cc(OC5COC5)cc4F)CC3)nc21. The lowest BCUT2D eigenvalue weighted by atomic mass is 10.2. The van der Waals surface area contributed by atoms with E-state index in [1.807, 2.05) is 4.90 Å². The lowest BCUT2D eigenvalue weighted by Crippen LogP contribution is -2.48. The minimum atomic E-state index is -0.674. The highest BCUT2D eigenvalue weighted by Gasteiger charge is 2.26. The maximum Gasteiger partial charge on any atom is 0.282 e. The first kappa shape index (κ1) is 18.7. The number of aromatic nitrogens is 5. The van der Waals surface area contributed by atoms with Crippen LogP contribution < -0.4 is 20.1 Å². The van der Waals surface area contributed by atoms with Gasteiger partial charge in [-0.05, 0) is 0 Å². The zero-order valence-electron chi connectivity index (χ0n) is 16.1. The third-order valence-electron chi connectivity index (χ3n) is 5.25. The van der Waals surface area contributed by atoms with Crippen molar-refractivity contribution in [1.29, 1.82) is 0 Å². The Balaban J connectivity index is 1.32. The number of aromatic amines is 1. The maximum atomic E-state index is 14.6. The Labute approximate surface area is 169 Å². The second-order valence-electron chi connectivity index (χ2n) is 7.26. The molecule has 0 radical (unpaired) electrons. The Morgan fingerprint density at radius 1 is 1.13 bits per heavy atom. The number of hydrogen-bond donors (Lipinski definition) is 1. The van der Waals surface area contributed by atoms with Crippen molar-refractivity contribution in [2.24, 2.45) is 7.05 Å². The maximum absolute atomic E-state index is 14.6. The molecular formula is C18H19F2N7O3. The fourth-order valence-electron chi connectivity index (χ4n) is 3.59. The first-order valence-electron chi connectivity index (χ1n) is 9.52. The minimum Gasteiger partial charge on any atom is -0.485 e. The van der Waals surface area contributed by atoms with Crippen LogP contribution in [0, 0.1) is 11.6 Å². The van der Waals surface area contributed by atoms with Crippen molar-refractivity contribution in [3.63, 3.8) is 0 Å². The number of H-pyrrole nitrogens is 1. The summed E-state index contributed by atoms with van der Waals surface area (Å²) in [6.45, 7) is 2.41. The van der Waals surface area contributed by atoms with Crippen molar-refractivity contribution in [3.8, 4) is 5.75 Å². The van der Waals surface area contributed by atoms with Crippen LogP contribution in [0.1, 0.15) is 0 Å². The van der Waals surface area contributed by atoms with Gasteiger partial charge in [-0.1, -0.05) is 5.21 Å². The summed E-state index contributed by atoms with van der Waals surface area (Å²) >= 11 is 0. The van der Waals surface area contributed by atoms with Gasteiger partial charge in [0.1, 0.15) is 17.5 Å². The number of piperazine rings is 1. The first-order valence-corrected chi connectivity index (χ1v) is 9.52. The van der Waals surface area contributed by atoms with Gasteiger partial charge in [-0.2, -0.15) is 4.98 Å². The van der Waals surface area contributed by atoms with E-state index in [2.05, 4.69) is 20.3 Å². The topological polar surface area (TPSA) is 101 Å². The van der Waals surface area contributed by atoms with Crippen LogP contribution in [0.3, 0.4) is 0 Å². The molecule has 2 aromatic heterocycles. The van der Waals surface area contributed by atoms with E-state index < -0.39 is 11.6 Å². The molecule has 158 valence electrons. The lowest BCUT2D eigenvalue weighted by Gasteiger charge is -2.36. The molecule has 0 saturated carbocycles. The van der Waals surface area contributed by atoms with E-state index >= 15 is 0 Å². The molecule has 12 heteroatoms. The number of nitrogens with zero attached hydrogens (tertiary/aromatic N) is 6. The Morgan fingerprint density at radius 3 is 2.43 bits per heavy atom. The largest absolute Gasteiger partial charge is 0.485 e. The van der Waals surface area contributed by atoms with E-state index in [1.165, 1.54) is 16.8 Å². The standard InChI is InChI=1S/C18H19F2N7O3/c1-25-16-14(23-24-25)17(28)22-18(21-16)27-4-2-26(3-5-27)15-12(19)6-10(7-13(15)20)30-11-8-29-9-11/h6-7,11H,2-5,8-9H2,1H3,(H,21,22,28). The monoisotopic (exact) mass is 419 g/mol. The van der Waals surface area contributed by atoms with E-state index in [9.17, 15) is 13.6 Å². The van der Waals surface area contributed by atoms with Gasteiger partial charge in [0.05, 0.1) is 13.2 Å². The number of nitrogens with one attached hydrogen (secondary N) is 1. The quantitative estimate of drug-likeness (QED) is 0.650. The average molecular weight is 419 g/mol. The van der Waals surface area contributed by atoms with E-state index in [-0.39, 0.29) is 28.6 Å². The number of benzene rings is 1. The van der Waals surface area contributed by atoms with Gasteiger partial charge < -0.3 is 19.3 Å². The average Bonchev–Trinajstić information content (AvgIpc) is 3.06. The molecule has 0 spiro atoms. The summed E-state index contributed by atoms with van der Waals surface area (Å²) in [6, 6.07) is 2.40. The molecular weight excluding hydrogens is 400 g/mol. The number of anilines is 2. The second kappa shape index (κ2) is 7.20. The highest BCUT2D eigenvalue weighted by Crippen LogP contribution is 2.30. The number of fused-ring (bicyclic) bond motifs is 1. The van der Waals surface area contributed by atoms with Gasteiger partial charge in [0.15, 0.2) is 22.8 Å². The van der Waals surface area contributed by atoms with E-state index in [0.29, 0.717) is 51.0 Å². The summed E-state index contributed by atoms with van der Waals surface area (Å²) in [5, 5.41) is 7.59. The third kappa shape index (κ3) is 3.22. The molecule has 3 aromatic rings. The van der Waals surface area contributed by atoms with Gasteiger partial charge in [0.25, 0.3) is 5.56 Å². The Bertz CT molecular complexity index is 1130. The first-order chi connectivity index (χ1) is 14.5. The van der Waals surface area contributed by atoms with Crippen LogP contribution in [0.25, 0.3) is 11.2 Å². The van der Waals surface area contributed by atoms with Gasteiger partial charge in [-0.15, -0.1) is 5.10 Å². The van der Waals surface area contributed by atoms with Crippen LogP contribution >= 0.6 is 0 Å². The van der Waals surface area contributed by atoms with Crippen LogP contribution in [0.5, 0.6) is 5.75 Å². The lowest BCUT2D eigenvalue weighted by molar-refractivity contribution is -0.0798. The van der Waals surface area contributed by atoms with Crippen molar-refractivity contribution in [2.75, 3.05) is 49.2 Å². The number of halogens is 2. The molecule has 0 amide bonds. The van der Waals surface area contributed by atoms with Crippen LogP contribution in [0.15, 0.2) is 16.9 Å². The molecule has 30 heavy (non-hydrogen) atoms. The Morgan fingerprint density at radius 2 is 1.80 bits per heavy atom. The third-order valence-corrected chi connectivity index (χ3v) is 5.25. The number of aryl methyl sites for hydroxylation is 1. The Kier molecular flexibility index (Phi) is 4.50. The van der Waals surface area contributed by atoms with Gasteiger partial charge in [-0.3, -0.25) is 9.78 Å². The van der Waals surface area contributed by atoms with Crippen LogP contribution in [0.2, 0.25) is 0 Å². The zero-order valence-corrected chi connectivity index (χ0v) is 16.1. The molecule has 0 unspecified atom stereocenters. The molecule has 2 saturated heterocycles. The highest BCUT2D eigenvalue weighted by atomic mass is 19.1. The van der Waals surface area contributed by atoms with Crippen molar-refractivity contribution in [2.45, 2.75) is 6.10 Å². The summed E-state index contributed by atoms with van der Waals surface area (Å²) < 4.78 is 41.2. The smallest absolute Gasteiger partial charge is 0.282 e. The molecule has 1 N–H and O–H groups in total. The predicted octanol–water partition coefficient (Wildman–Crippen LogP) is 0.434. The molecule has 1 aromatic carbocycles. The molecule has 0 atom stereocenters. The van der Waals surface area contributed by atoms with E-state index in [0.717, 1.165) is 0 Å². The van der Waals surface area contributed by atoms with Crippen molar-refractivity contribution in [1.82, 2.24) is 25.0 Å².